The van der Waals surface area contributed by atoms with Gasteiger partial charge in [0.25, 0.3) is 0 Å². The molecular weight excluding hydrogens is 318 g/mol. The van der Waals surface area contributed by atoms with E-state index in [0.29, 0.717) is 0 Å². The Morgan fingerprint density at radius 1 is 1.08 bits per heavy atom. The number of carboxylic acids is 1. The molecule has 1 aromatic carbocycles. The van der Waals surface area contributed by atoms with Crippen LogP contribution in [0.25, 0.3) is 5.57 Å². The SMILES string of the molecule is C=C(c1ccc(C(=O)O)cc1)c1nc2c(s1)C(C)(C)CCC2(C)C. The lowest BCUT2D eigenvalue weighted by Gasteiger charge is -2.37. The number of carbonyl (C=O) groups is 1. The summed E-state index contributed by atoms with van der Waals surface area (Å²) in [7, 11) is 0. The van der Waals surface area contributed by atoms with Crippen LogP contribution in [0.3, 0.4) is 0 Å². The van der Waals surface area contributed by atoms with Crippen LogP contribution in [0, 0.1) is 0 Å². The van der Waals surface area contributed by atoms with E-state index in [1.165, 1.54) is 10.6 Å². The Kier molecular flexibility index (Phi) is 3.91. The van der Waals surface area contributed by atoms with Gasteiger partial charge in [-0.25, -0.2) is 9.78 Å². The third-order valence-electron chi connectivity index (χ3n) is 5.00. The standard InChI is InChI=1S/C20H23NO2S/c1-12(13-6-8-14(9-7-13)18(22)23)17-21-15-16(24-17)20(4,5)11-10-19(15,2)3/h6-9H,1,10-11H2,2-5H3,(H,22,23). The topological polar surface area (TPSA) is 50.2 Å². The highest BCUT2D eigenvalue weighted by Crippen LogP contribution is 2.49. The van der Waals surface area contributed by atoms with Crippen LogP contribution in [0.2, 0.25) is 0 Å². The third-order valence-corrected chi connectivity index (χ3v) is 6.48. The highest BCUT2D eigenvalue weighted by Gasteiger charge is 2.40. The summed E-state index contributed by atoms with van der Waals surface area (Å²) >= 11 is 1.73. The van der Waals surface area contributed by atoms with Gasteiger partial charge < -0.3 is 5.11 Å². The number of aromatic carboxylic acids is 1. The molecule has 0 saturated carbocycles. The molecule has 0 fully saturated rings. The molecule has 1 aliphatic carbocycles. The Morgan fingerprint density at radius 3 is 2.17 bits per heavy atom. The van der Waals surface area contributed by atoms with Crippen LogP contribution in [-0.4, -0.2) is 16.1 Å². The average molecular weight is 341 g/mol. The van der Waals surface area contributed by atoms with Gasteiger partial charge >= 0.3 is 5.97 Å². The molecule has 1 aromatic heterocycles. The van der Waals surface area contributed by atoms with Gasteiger partial charge in [-0.1, -0.05) is 46.4 Å². The molecule has 0 bridgehead atoms. The predicted molar refractivity (Wildman–Crippen MR) is 98.9 cm³/mol. The summed E-state index contributed by atoms with van der Waals surface area (Å²) in [6, 6.07) is 6.85. The predicted octanol–water partition coefficient (Wildman–Crippen LogP) is 5.25. The van der Waals surface area contributed by atoms with Gasteiger partial charge in [0.15, 0.2) is 0 Å². The molecule has 1 heterocycles. The molecule has 4 heteroatoms. The summed E-state index contributed by atoms with van der Waals surface area (Å²) in [6.07, 6.45) is 2.30. The van der Waals surface area contributed by atoms with Crippen molar-refractivity contribution >= 4 is 22.9 Å². The van der Waals surface area contributed by atoms with Crippen LogP contribution in [0.5, 0.6) is 0 Å². The Balaban J connectivity index is 2.00. The normalized spacial score (nSPS) is 18.0. The number of carboxylic acid groups (broad SMARTS) is 1. The summed E-state index contributed by atoms with van der Waals surface area (Å²) in [4.78, 5) is 17.3. The molecule has 3 rings (SSSR count). The quantitative estimate of drug-likeness (QED) is 0.829. The van der Waals surface area contributed by atoms with E-state index in [-0.39, 0.29) is 16.4 Å². The molecule has 0 aliphatic heterocycles. The van der Waals surface area contributed by atoms with Crippen LogP contribution >= 0.6 is 11.3 Å². The van der Waals surface area contributed by atoms with Crippen molar-refractivity contribution in [1.82, 2.24) is 4.98 Å². The molecule has 0 spiro atoms. The Hall–Kier alpha value is -1.94. The smallest absolute Gasteiger partial charge is 0.335 e. The van der Waals surface area contributed by atoms with Gasteiger partial charge in [0.2, 0.25) is 0 Å². The molecule has 1 aliphatic rings. The lowest BCUT2D eigenvalue weighted by atomic mass is 9.69. The maximum absolute atomic E-state index is 11.0. The van der Waals surface area contributed by atoms with Gasteiger partial charge in [-0.3, -0.25) is 0 Å². The van der Waals surface area contributed by atoms with Crippen molar-refractivity contribution in [3.05, 3.63) is 57.6 Å². The number of hydrogen-bond acceptors (Lipinski definition) is 3. The van der Waals surface area contributed by atoms with E-state index >= 15 is 0 Å². The minimum atomic E-state index is -0.916. The van der Waals surface area contributed by atoms with Crippen molar-refractivity contribution in [1.29, 1.82) is 0 Å². The molecule has 126 valence electrons. The minimum absolute atomic E-state index is 0.0903. The number of aromatic nitrogens is 1. The second-order valence-corrected chi connectivity index (χ2v) is 8.82. The first-order valence-corrected chi connectivity index (χ1v) is 8.98. The van der Waals surface area contributed by atoms with Crippen molar-refractivity contribution in [2.45, 2.75) is 51.4 Å². The second kappa shape index (κ2) is 5.55. The molecule has 3 nitrogen and oxygen atoms in total. The summed E-state index contributed by atoms with van der Waals surface area (Å²) in [5.41, 5.74) is 3.50. The van der Waals surface area contributed by atoms with E-state index in [0.717, 1.165) is 29.0 Å². The maximum atomic E-state index is 11.0. The van der Waals surface area contributed by atoms with Crippen LogP contribution in [0.1, 0.15) is 72.0 Å². The fraction of sp³-hybridized carbons (Fsp3) is 0.400. The molecule has 0 saturated heterocycles. The molecule has 0 radical (unpaired) electrons. The van der Waals surface area contributed by atoms with Crippen molar-refractivity contribution < 1.29 is 9.90 Å². The summed E-state index contributed by atoms with van der Waals surface area (Å²) in [5, 5.41) is 9.96. The summed E-state index contributed by atoms with van der Waals surface area (Å²) in [5.74, 6) is -0.916. The zero-order valence-corrected chi connectivity index (χ0v) is 15.5. The molecule has 0 unspecified atom stereocenters. The Labute approximate surface area is 147 Å². The first-order valence-electron chi connectivity index (χ1n) is 8.17. The summed E-state index contributed by atoms with van der Waals surface area (Å²) < 4.78 is 0. The van der Waals surface area contributed by atoms with E-state index in [2.05, 4.69) is 34.3 Å². The van der Waals surface area contributed by atoms with Gasteiger partial charge in [-0.2, -0.15) is 0 Å². The van der Waals surface area contributed by atoms with E-state index in [4.69, 9.17) is 10.1 Å². The van der Waals surface area contributed by atoms with E-state index in [1.807, 2.05) is 12.1 Å². The largest absolute Gasteiger partial charge is 0.478 e. The Morgan fingerprint density at radius 2 is 1.62 bits per heavy atom. The monoisotopic (exact) mass is 341 g/mol. The fourth-order valence-corrected chi connectivity index (χ4v) is 4.53. The number of rotatable bonds is 3. The lowest BCUT2D eigenvalue weighted by molar-refractivity contribution is 0.0697. The van der Waals surface area contributed by atoms with E-state index in [9.17, 15) is 4.79 Å². The Bertz CT molecular complexity index is 779. The van der Waals surface area contributed by atoms with Gasteiger partial charge in [-0.05, 0) is 30.5 Å². The molecule has 24 heavy (non-hydrogen) atoms. The average Bonchev–Trinajstić information content (AvgIpc) is 2.99. The van der Waals surface area contributed by atoms with Crippen molar-refractivity contribution in [3.8, 4) is 0 Å². The van der Waals surface area contributed by atoms with Crippen molar-refractivity contribution in [2.24, 2.45) is 0 Å². The van der Waals surface area contributed by atoms with Crippen molar-refractivity contribution in [3.63, 3.8) is 0 Å². The third kappa shape index (κ3) is 2.80. The maximum Gasteiger partial charge on any atom is 0.335 e. The lowest BCUT2D eigenvalue weighted by Crippen LogP contribution is -2.32. The summed E-state index contributed by atoms with van der Waals surface area (Å²) in [6.45, 7) is 13.3. The van der Waals surface area contributed by atoms with Crippen LogP contribution in [0.15, 0.2) is 30.8 Å². The van der Waals surface area contributed by atoms with Gasteiger partial charge in [0.1, 0.15) is 5.01 Å². The fourth-order valence-electron chi connectivity index (χ4n) is 3.16. The molecular formula is C20H23NO2S. The highest BCUT2D eigenvalue weighted by molar-refractivity contribution is 7.13. The molecule has 1 N–H and O–H groups in total. The highest BCUT2D eigenvalue weighted by atomic mass is 32.1. The first kappa shape index (κ1) is 16.9. The minimum Gasteiger partial charge on any atom is -0.478 e. The second-order valence-electron chi connectivity index (χ2n) is 7.83. The van der Waals surface area contributed by atoms with Crippen LogP contribution in [-0.2, 0) is 10.8 Å². The zero-order valence-electron chi connectivity index (χ0n) is 14.6. The molecule has 0 atom stereocenters. The van der Waals surface area contributed by atoms with Crippen LogP contribution < -0.4 is 0 Å². The zero-order chi connectivity index (χ0) is 17.7. The number of benzene rings is 1. The van der Waals surface area contributed by atoms with Gasteiger partial charge in [-0.15, -0.1) is 11.3 Å². The molecule has 0 amide bonds. The van der Waals surface area contributed by atoms with Crippen LogP contribution in [0.4, 0.5) is 0 Å². The van der Waals surface area contributed by atoms with E-state index in [1.54, 1.807) is 23.5 Å². The van der Waals surface area contributed by atoms with Gasteiger partial charge in [0, 0.05) is 21.3 Å². The first-order chi connectivity index (χ1) is 11.1. The number of nitrogens with zero attached hydrogens (tertiary/aromatic N) is 1. The van der Waals surface area contributed by atoms with E-state index < -0.39 is 5.97 Å². The molecule has 2 aromatic rings. The van der Waals surface area contributed by atoms with Crippen molar-refractivity contribution in [2.75, 3.05) is 0 Å². The number of hydrogen-bond donors (Lipinski definition) is 1. The number of fused-ring (bicyclic) bond motifs is 1. The number of thiazole rings is 1. The van der Waals surface area contributed by atoms with Gasteiger partial charge in [0.05, 0.1) is 11.3 Å².